The lowest BCUT2D eigenvalue weighted by atomic mass is 9.55. The van der Waals surface area contributed by atoms with E-state index in [1.165, 1.54) is 88.8 Å². The van der Waals surface area contributed by atoms with Gasteiger partial charge in [-0.3, -0.25) is 0 Å². The Labute approximate surface area is 312 Å². The number of nitrogens with zero attached hydrogens (tertiary/aromatic N) is 1. The Bertz CT molecular complexity index is 2700. The smallest absolute Gasteiger partial charge is 0.197 e. The maximum Gasteiger partial charge on any atom is 0.197 e. The van der Waals surface area contributed by atoms with Crippen LogP contribution in [0.4, 0.5) is 28.4 Å². The van der Waals surface area contributed by atoms with Gasteiger partial charge < -0.3 is 10.2 Å². The van der Waals surface area contributed by atoms with Gasteiger partial charge in [-0.1, -0.05) is 153 Å². The van der Waals surface area contributed by atoms with Gasteiger partial charge in [0, 0.05) is 33.7 Å². The minimum Gasteiger partial charge on any atom is -0.355 e. The molecule has 0 unspecified atom stereocenters. The van der Waals surface area contributed by atoms with Crippen molar-refractivity contribution in [2.45, 2.75) is 26.2 Å². The van der Waals surface area contributed by atoms with E-state index >= 15 is 0 Å². The summed E-state index contributed by atoms with van der Waals surface area (Å²) in [5.41, 5.74) is 19.3. The van der Waals surface area contributed by atoms with Crippen molar-refractivity contribution >= 4 is 57.4 Å². The summed E-state index contributed by atoms with van der Waals surface area (Å²) in [6.45, 7) is 6.99. The zero-order valence-electron chi connectivity index (χ0n) is 30.2. The van der Waals surface area contributed by atoms with Gasteiger partial charge in [0.25, 0.3) is 0 Å². The molecule has 10 rings (SSSR count). The quantitative estimate of drug-likeness (QED) is 0.182. The molecule has 1 radical (unpaired) electrons. The molecule has 0 aromatic heterocycles. The van der Waals surface area contributed by atoms with Crippen LogP contribution in [-0.2, 0) is 5.41 Å². The number of para-hydroxylation sites is 1. The van der Waals surface area contributed by atoms with Crippen molar-refractivity contribution in [1.82, 2.24) is 0 Å². The lowest BCUT2D eigenvalue weighted by molar-refractivity contribution is 0.633. The highest BCUT2D eigenvalue weighted by Crippen LogP contribution is 2.53. The van der Waals surface area contributed by atoms with Gasteiger partial charge in [0.2, 0.25) is 0 Å². The standard InChI is InChI=1S/C50H38BN2/c1-32-27-41(40-26-23-38(34-15-8-5-9-16-34)30-45(40)52-39-24-21-35(22-25-39)33-13-6-4-7-14-33)48-47(28-32)53-46-31-37-18-11-10-17-36(37)29-43(46)50(2,3)42-19-12-20-44(51-48)49(42)53/h4-31,52H,1-3H3. The van der Waals surface area contributed by atoms with Crippen LogP contribution in [0, 0.1) is 6.92 Å². The molecule has 2 heterocycles. The molecular weight excluding hydrogens is 639 g/mol. The van der Waals surface area contributed by atoms with Crippen LogP contribution in [0.15, 0.2) is 170 Å². The number of aryl methyl sites for hydroxylation is 1. The fourth-order valence-electron chi connectivity index (χ4n) is 8.58. The highest BCUT2D eigenvalue weighted by molar-refractivity contribution is 6.73. The molecule has 8 aromatic rings. The fraction of sp³-hybridized carbons (Fsp3) is 0.0800. The summed E-state index contributed by atoms with van der Waals surface area (Å²) in [6, 6.07) is 62.0. The molecule has 0 fully saturated rings. The minimum atomic E-state index is -0.153. The van der Waals surface area contributed by atoms with Crippen LogP contribution in [0.25, 0.3) is 44.2 Å². The second-order valence-corrected chi connectivity index (χ2v) is 15.0. The Balaban J connectivity index is 1.16. The van der Waals surface area contributed by atoms with E-state index in [0.29, 0.717) is 0 Å². The molecule has 0 bridgehead atoms. The summed E-state index contributed by atoms with van der Waals surface area (Å²) < 4.78 is 0. The topological polar surface area (TPSA) is 15.3 Å². The van der Waals surface area contributed by atoms with Crippen LogP contribution in [0.3, 0.4) is 0 Å². The first-order chi connectivity index (χ1) is 25.9. The molecule has 251 valence electrons. The molecule has 3 heteroatoms. The molecule has 2 aliphatic heterocycles. The molecule has 0 saturated heterocycles. The molecule has 53 heavy (non-hydrogen) atoms. The highest BCUT2D eigenvalue weighted by Gasteiger charge is 2.41. The van der Waals surface area contributed by atoms with Crippen LogP contribution in [0.2, 0.25) is 0 Å². The van der Waals surface area contributed by atoms with Gasteiger partial charge in [-0.2, -0.15) is 0 Å². The Morgan fingerprint density at radius 2 is 1.15 bits per heavy atom. The van der Waals surface area contributed by atoms with Gasteiger partial charge in [-0.05, 0) is 104 Å². The molecule has 0 saturated carbocycles. The molecule has 2 nitrogen and oxygen atoms in total. The van der Waals surface area contributed by atoms with Gasteiger partial charge in [-0.25, -0.2) is 0 Å². The molecule has 2 aliphatic rings. The van der Waals surface area contributed by atoms with Crippen molar-refractivity contribution in [1.29, 1.82) is 0 Å². The molecule has 1 N–H and O–H groups in total. The fourth-order valence-corrected chi connectivity index (χ4v) is 8.58. The first-order valence-corrected chi connectivity index (χ1v) is 18.5. The Morgan fingerprint density at radius 1 is 0.509 bits per heavy atom. The first-order valence-electron chi connectivity index (χ1n) is 18.5. The third-order valence-electron chi connectivity index (χ3n) is 11.3. The number of benzene rings is 8. The number of rotatable bonds is 5. The van der Waals surface area contributed by atoms with Crippen LogP contribution in [0.5, 0.6) is 0 Å². The molecule has 0 amide bonds. The van der Waals surface area contributed by atoms with Gasteiger partial charge in [0.1, 0.15) is 0 Å². The summed E-state index contributed by atoms with van der Waals surface area (Å²) in [7, 11) is 2.42. The molecule has 0 aliphatic carbocycles. The van der Waals surface area contributed by atoms with E-state index in [4.69, 9.17) is 0 Å². The third-order valence-corrected chi connectivity index (χ3v) is 11.3. The SMILES string of the molecule is Cc1cc(-c2ccc(-c3ccccc3)cc2Nc2ccc(-c3ccccc3)cc2)c2c(c1)N1c3cc4ccccc4cc3C(C)(C)c3cccc(c31)[B]2. The summed E-state index contributed by atoms with van der Waals surface area (Å²) in [5.74, 6) is 0. The summed E-state index contributed by atoms with van der Waals surface area (Å²) in [4.78, 5) is 2.55. The van der Waals surface area contributed by atoms with Crippen molar-refractivity contribution in [2.24, 2.45) is 0 Å². The monoisotopic (exact) mass is 677 g/mol. The molecule has 0 atom stereocenters. The average Bonchev–Trinajstić information content (AvgIpc) is 3.19. The predicted octanol–water partition coefficient (Wildman–Crippen LogP) is 12.0. The zero-order chi connectivity index (χ0) is 35.7. The van der Waals surface area contributed by atoms with Crippen molar-refractivity contribution in [3.05, 3.63) is 187 Å². The number of fused-ring (bicyclic) bond motifs is 5. The van der Waals surface area contributed by atoms with Gasteiger partial charge >= 0.3 is 0 Å². The zero-order valence-corrected chi connectivity index (χ0v) is 30.2. The van der Waals surface area contributed by atoms with E-state index < -0.39 is 0 Å². The van der Waals surface area contributed by atoms with E-state index in [0.717, 1.165) is 11.4 Å². The minimum absolute atomic E-state index is 0.153. The van der Waals surface area contributed by atoms with Gasteiger partial charge in [-0.15, -0.1) is 0 Å². The van der Waals surface area contributed by atoms with E-state index in [9.17, 15) is 0 Å². The number of anilines is 5. The summed E-state index contributed by atoms with van der Waals surface area (Å²) >= 11 is 0. The number of hydrogen-bond acceptors (Lipinski definition) is 2. The largest absolute Gasteiger partial charge is 0.355 e. The molecule has 0 spiro atoms. The summed E-state index contributed by atoms with van der Waals surface area (Å²) in [5, 5.41) is 6.40. The van der Waals surface area contributed by atoms with Crippen molar-refractivity contribution in [3.63, 3.8) is 0 Å². The first kappa shape index (κ1) is 31.4. The number of nitrogens with one attached hydrogen (secondary N) is 1. The maximum atomic E-state index is 3.87. The Hall–Kier alpha value is -6.32. The van der Waals surface area contributed by atoms with Crippen LogP contribution >= 0.6 is 0 Å². The van der Waals surface area contributed by atoms with E-state index in [-0.39, 0.29) is 5.41 Å². The van der Waals surface area contributed by atoms with Crippen molar-refractivity contribution in [3.8, 4) is 33.4 Å². The van der Waals surface area contributed by atoms with Crippen LogP contribution in [0.1, 0.15) is 30.5 Å². The Kier molecular flexibility index (Phi) is 7.20. The normalized spacial score (nSPS) is 13.5. The van der Waals surface area contributed by atoms with Crippen LogP contribution < -0.4 is 21.1 Å². The van der Waals surface area contributed by atoms with E-state index in [1.54, 1.807) is 0 Å². The van der Waals surface area contributed by atoms with Crippen molar-refractivity contribution in [2.75, 3.05) is 10.2 Å². The lowest BCUT2D eigenvalue weighted by Gasteiger charge is -2.46. The van der Waals surface area contributed by atoms with Gasteiger partial charge in [0.05, 0.1) is 5.69 Å². The van der Waals surface area contributed by atoms with Crippen molar-refractivity contribution < 1.29 is 0 Å². The highest BCUT2D eigenvalue weighted by atomic mass is 15.2. The Morgan fingerprint density at radius 3 is 1.89 bits per heavy atom. The molecular formula is C50H38BN2. The van der Waals surface area contributed by atoms with E-state index in [1.807, 2.05) is 0 Å². The van der Waals surface area contributed by atoms with E-state index in [2.05, 4.69) is 208 Å². The maximum absolute atomic E-state index is 3.87. The average molecular weight is 678 g/mol. The number of hydrogen-bond donors (Lipinski definition) is 1. The predicted molar refractivity (Wildman–Crippen MR) is 227 cm³/mol. The third kappa shape index (κ3) is 5.18. The second kappa shape index (κ2) is 12.1. The second-order valence-electron chi connectivity index (χ2n) is 15.0. The summed E-state index contributed by atoms with van der Waals surface area (Å²) in [6.07, 6.45) is 0. The van der Waals surface area contributed by atoms with Crippen LogP contribution in [-0.4, -0.2) is 7.28 Å². The van der Waals surface area contributed by atoms with Gasteiger partial charge in [0.15, 0.2) is 7.28 Å². The molecule has 8 aromatic carbocycles. The lowest BCUT2D eigenvalue weighted by Crippen LogP contribution is -2.45.